The number of piperidine rings is 1. The molecule has 4 amide bonds. The van der Waals surface area contributed by atoms with Crippen molar-refractivity contribution in [1.29, 1.82) is 0 Å². The molecule has 5 aromatic rings. The SMILES string of the molecule is CN(c1ccc2c(-c3ccccc3S(=O)(=O)N(C)Cc3ccc(OCC4=C(C(=O)O)N5C(=O)[C@@H](NC(=O)C6CC[C@H]7C[NH+]6C(=O)N7OS(=O)(=O)O)[C@H]5SC4)cc3)c3ccc(=[N+](C)c4ccccc4Cl)cc-3oc2c1)c1ccccc1Cl. The van der Waals surface area contributed by atoms with Crippen molar-refractivity contribution in [2.75, 3.05) is 44.9 Å². The number of carbonyl (C=O) groups is 4. The number of hydrogen-bond donors (Lipinski definition) is 4. The lowest BCUT2D eigenvalue weighted by atomic mass is 9.93. The molecule has 5 atom stereocenters. The molecule has 418 valence electrons. The predicted octanol–water partition coefficient (Wildman–Crippen LogP) is 6.54. The molecule has 6 aliphatic rings. The molecule has 5 aromatic carbocycles. The van der Waals surface area contributed by atoms with Gasteiger partial charge in [0.2, 0.25) is 21.1 Å². The summed E-state index contributed by atoms with van der Waals surface area (Å²) in [6, 6.07) is 36.4. The molecule has 0 spiro atoms. The number of rotatable bonds is 16. The number of para-hydroxylation sites is 2. The summed E-state index contributed by atoms with van der Waals surface area (Å²) in [7, 11) is -3.89. The molecule has 2 unspecified atom stereocenters. The van der Waals surface area contributed by atoms with Crippen LogP contribution in [0.1, 0.15) is 18.4 Å². The summed E-state index contributed by atoms with van der Waals surface area (Å²) in [5, 5.41) is 15.3. The van der Waals surface area contributed by atoms with Gasteiger partial charge in [-0.2, -0.15) is 17.3 Å². The lowest BCUT2D eigenvalue weighted by molar-refractivity contribution is -0.830. The van der Waals surface area contributed by atoms with Crippen LogP contribution < -0.4 is 29.8 Å². The average Bonchev–Trinajstić information content (AvgIpc) is 3.82. The van der Waals surface area contributed by atoms with E-state index < -0.39 is 67.7 Å². The van der Waals surface area contributed by atoms with Gasteiger partial charge in [0.25, 0.3) is 11.8 Å². The van der Waals surface area contributed by atoms with Crippen molar-refractivity contribution in [3.8, 4) is 28.2 Å². The zero-order valence-corrected chi connectivity index (χ0v) is 47.3. The molecule has 3 saturated heterocycles. The molecule has 5 aliphatic heterocycles. The second-order valence-electron chi connectivity index (χ2n) is 19.8. The van der Waals surface area contributed by atoms with Crippen LogP contribution in [0.4, 0.5) is 21.9 Å². The maximum Gasteiger partial charge on any atom is 0.443 e. The highest BCUT2D eigenvalue weighted by atomic mass is 35.5. The first-order valence-corrected chi connectivity index (χ1v) is 29.9. The third kappa shape index (κ3) is 10.5. The Hall–Kier alpha value is -7.32. The third-order valence-corrected chi connectivity index (χ3v) is 19.2. The summed E-state index contributed by atoms with van der Waals surface area (Å²) >= 11 is 14.5. The van der Waals surface area contributed by atoms with Crippen LogP contribution in [-0.4, -0.2) is 128 Å². The van der Waals surface area contributed by atoms with Gasteiger partial charge in [-0.3, -0.25) is 19.0 Å². The van der Waals surface area contributed by atoms with E-state index in [2.05, 4.69) is 9.60 Å². The Balaban J connectivity index is 0.811. The standard InChI is InChI=1S/C56H49Cl2N7O13S3/c1-60(28-32-16-21-37(22-17-32)76-30-33-31-79-54-50(53(67)64(54)51(33)55(68)69)59-52(66)45-25-20-36-29-63(45)56(70)65(36)78-81(73,74)75)80(71,72)48-15-9-4-10-40(48)49-38-23-18-34(61(2)43-13-7-5-11-41(43)57)26-46(38)77-47-27-35(19-24-39(47)49)62(3)44-14-8-6-12-42(44)58/h4-19,21-24,26-27,36,45,50,54H,20,25,28-31H2,1-3H3,(H2-,59,66,68,69,73,74,75)/p+2/t36-,45?,50+,54+/m0/s1. The molecular weight excluding hydrogens is 1150 g/mol. The quantitative estimate of drug-likeness (QED) is 0.0348. The van der Waals surface area contributed by atoms with E-state index in [1.54, 1.807) is 48.5 Å². The number of quaternary nitrogens is 1. The number of anilines is 2. The van der Waals surface area contributed by atoms with E-state index in [4.69, 9.17) is 36.9 Å². The largest absolute Gasteiger partial charge is 0.489 e. The Morgan fingerprint density at radius 2 is 1.59 bits per heavy atom. The number of nitrogens with zero attached hydrogens (tertiary/aromatic N) is 5. The average molecular weight is 1200 g/mol. The van der Waals surface area contributed by atoms with Crippen LogP contribution in [0.15, 0.2) is 154 Å². The molecule has 81 heavy (non-hydrogen) atoms. The molecular formula is C56H51Cl2N7O13S3+2. The summed E-state index contributed by atoms with van der Waals surface area (Å²) in [6.07, 6.45) is 0.349. The van der Waals surface area contributed by atoms with Crippen LogP contribution in [0, 0.1) is 0 Å². The predicted molar refractivity (Wildman–Crippen MR) is 303 cm³/mol. The monoisotopic (exact) mass is 1200 g/mol. The number of thioether (sulfide) groups is 1. The molecule has 11 rings (SSSR count). The topological polar surface area (TPSA) is 241 Å². The van der Waals surface area contributed by atoms with Gasteiger partial charge in [0.15, 0.2) is 6.04 Å². The van der Waals surface area contributed by atoms with E-state index in [1.165, 1.54) is 23.1 Å². The Bertz CT molecular complexity index is 4050. The zero-order chi connectivity index (χ0) is 57.2. The highest BCUT2D eigenvalue weighted by Gasteiger charge is 2.58. The number of urea groups is 1. The molecule has 2 bridgehead atoms. The van der Waals surface area contributed by atoms with Gasteiger partial charge in [-0.05, 0) is 66.6 Å². The number of nitrogens with one attached hydrogen (secondary N) is 2. The van der Waals surface area contributed by atoms with Crippen LogP contribution in [-0.2, 0) is 45.6 Å². The van der Waals surface area contributed by atoms with Gasteiger partial charge >= 0.3 is 22.4 Å². The van der Waals surface area contributed by atoms with E-state index >= 15 is 0 Å². The van der Waals surface area contributed by atoms with Crippen LogP contribution in [0.2, 0.25) is 10.0 Å². The van der Waals surface area contributed by atoms with Crippen molar-refractivity contribution >= 4 is 107 Å². The maximum atomic E-state index is 14.9. The van der Waals surface area contributed by atoms with Crippen LogP contribution in [0.5, 0.6) is 5.75 Å². The lowest BCUT2D eigenvalue weighted by Gasteiger charge is -2.49. The molecule has 20 nitrogen and oxygen atoms in total. The first kappa shape index (κ1) is 55.6. The molecule has 4 N–H and O–H groups in total. The number of benzene rings is 6. The fourth-order valence-electron chi connectivity index (χ4n) is 10.9. The van der Waals surface area contributed by atoms with Crippen molar-refractivity contribution < 1.29 is 64.0 Å². The van der Waals surface area contributed by atoms with Gasteiger partial charge in [-0.25, -0.2) is 22.9 Å². The molecule has 25 heteroatoms. The number of hydroxylamine groups is 2. The minimum Gasteiger partial charge on any atom is -0.489 e. The van der Waals surface area contributed by atoms with Gasteiger partial charge < -0.3 is 24.5 Å². The lowest BCUT2D eigenvalue weighted by Crippen LogP contribution is -3.18. The van der Waals surface area contributed by atoms with Gasteiger partial charge in [0, 0.05) is 84.3 Å². The van der Waals surface area contributed by atoms with Crippen LogP contribution in [0.25, 0.3) is 33.4 Å². The number of sulfonamides is 1. The first-order valence-electron chi connectivity index (χ1n) is 25.3. The highest BCUT2D eigenvalue weighted by Crippen LogP contribution is 2.45. The minimum absolute atomic E-state index is 0.0308. The van der Waals surface area contributed by atoms with Gasteiger partial charge in [0.1, 0.15) is 65.5 Å². The third-order valence-electron chi connectivity index (χ3n) is 15.0. The second-order valence-corrected chi connectivity index (χ2v) is 24.8. The number of carboxylic acid groups (broad SMARTS) is 1. The fraction of sp³-hybridized carbons (Fsp3) is 0.232. The summed E-state index contributed by atoms with van der Waals surface area (Å²) in [5.74, 6) is -1.70. The summed E-state index contributed by atoms with van der Waals surface area (Å²) < 4.78 is 82.0. The molecule has 1 aliphatic carbocycles. The number of amides is 4. The van der Waals surface area contributed by atoms with E-state index in [0.717, 1.165) is 27.3 Å². The number of carboxylic acids is 1. The van der Waals surface area contributed by atoms with Gasteiger partial charge in [0.05, 0.1) is 21.7 Å². The fourth-order valence-corrected chi connectivity index (χ4v) is 14.5. The zero-order valence-electron chi connectivity index (χ0n) is 43.4. The van der Waals surface area contributed by atoms with E-state index in [9.17, 15) is 41.1 Å². The number of hydrogen-bond acceptors (Lipinski definition) is 13. The molecule has 5 heterocycles. The van der Waals surface area contributed by atoms with E-state index in [0.29, 0.717) is 65.4 Å². The Labute approximate surface area is 479 Å². The normalized spacial score (nSPS) is 20.4. The van der Waals surface area contributed by atoms with Crippen LogP contribution >= 0.6 is 35.0 Å². The number of aliphatic carboxylic acids is 1. The number of halogens is 2. The Morgan fingerprint density at radius 3 is 2.32 bits per heavy atom. The number of carbonyl (C=O) groups excluding carboxylic acids is 3. The molecule has 0 aromatic heterocycles. The number of β-lactam (4-membered cyclic amide) rings is 1. The Kier molecular flexibility index (Phi) is 15.0. The van der Waals surface area contributed by atoms with Crippen LogP contribution in [0.3, 0.4) is 0 Å². The Morgan fingerprint density at radius 1 is 0.877 bits per heavy atom. The van der Waals surface area contributed by atoms with Crippen molar-refractivity contribution in [3.63, 3.8) is 0 Å². The van der Waals surface area contributed by atoms with Crippen molar-refractivity contribution in [1.82, 2.24) is 24.2 Å². The van der Waals surface area contributed by atoms with Gasteiger partial charge in [-0.15, -0.1) is 21.1 Å². The smallest absolute Gasteiger partial charge is 0.443 e. The molecule has 3 fully saturated rings. The molecule has 0 radical (unpaired) electrons. The minimum atomic E-state index is -4.99. The van der Waals surface area contributed by atoms with Crippen molar-refractivity contribution in [3.05, 3.63) is 166 Å². The van der Waals surface area contributed by atoms with Crippen molar-refractivity contribution in [2.45, 2.75) is 47.8 Å². The van der Waals surface area contributed by atoms with Crippen molar-refractivity contribution in [2.24, 2.45) is 0 Å². The maximum absolute atomic E-state index is 14.9. The van der Waals surface area contributed by atoms with E-state index in [-0.39, 0.29) is 53.8 Å². The van der Waals surface area contributed by atoms with E-state index in [1.807, 2.05) is 108 Å². The highest BCUT2D eigenvalue weighted by molar-refractivity contribution is 8.00. The van der Waals surface area contributed by atoms with Gasteiger partial charge in [-0.1, -0.05) is 77.8 Å². The second kappa shape index (κ2) is 21.9. The number of ether oxygens (including phenoxy) is 1. The summed E-state index contributed by atoms with van der Waals surface area (Å²) in [4.78, 5) is 55.8. The summed E-state index contributed by atoms with van der Waals surface area (Å²) in [6.45, 7) is -0.199. The molecule has 0 saturated carbocycles. The first-order chi connectivity index (χ1) is 38.7. The number of fused-ring (bicyclic) bond motifs is 5. The summed E-state index contributed by atoms with van der Waals surface area (Å²) in [5.41, 5.74) is 5.25.